The lowest BCUT2D eigenvalue weighted by molar-refractivity contribution is -0.125. The summed E-state index contributed by atoms with van der Waals surface area (Å²) >= 11 is 1.37. The summed E-state index contributed by atoms with van der Waals surface area (Å²) in [6.45, 7) is 0.903. The molecular formula is C21H22N4O2S. The molecule has 4 rings (SSSR count). The lowest BCUT2D eigenvalue weighted by atomic mass is 10.2. The van der Waals surface area contributed by atoms with Crippen molar-refractivity contribution in [2.24, 2.45) is 0 Å². The number of imidazole rings is 1. The Bertz CT molecular complexity index is 1040. The van der Waals surface area contributed by atoms with E-state index in [0.717, 1.165) is 23.1 Å². The maximum Gasteiger partial charge on any atom is 0.247 e. The molecule has 1 aliphatic rings. The van der Waals surface area contributed by atoms with E-state index in [4.69, 9.17) is 0 Å². The fourth-order valence-corrected chi connectivity index (χ4v) is 4.38. The highest BCUT2D eigenvalue weighted by atomic mass is 32.2. The standard InChI is InChI=1S/C21H22N4O2S/c1-23(2)20(27)14-28-21-22-16-8-4-6-10-18(16)25(21)13-19(26)24-12-11-15-7-3-5-9-17(15)24/h3-10H,11-14H2,1-2H3. The van der Waals surface area contributed by atoms with Crippen LogP contribution in [0.2, 0.25) is 0 Å². The molecule has 6 nitrogen and oxygen atoms in total. The molecule has 144 valence electrons. The molecule has 0 atom stereocenters. The first-order chi connectivity index (χ1) is 13.5. The van der Waals surface area contributed by atoms with Crippen molar-refractivity contribution in [1.82, 2.24) is 14.5 Å². The molecule has 3 aromatic rings. The SMILES string of the molecule is CN(C)C(=O)CSc1nc2ccccc2n1CC(=O)N1CCc2ccccc21. The number of hydrogen-bond acceptors (Lipinski definition) is 4. The molecule has 2 aromatic carbocycles. The Hall–Kier alpha value is -2.80. The second-order valence-corrected chi connectivity index (χ2v) is 7.91. The van der Waals surface area contributed by atoms with Crippen LogP contribution in [0.1, 0.15) is 5.56 Å². The van der Waals surface area contributed by atoms with Gasteiger partial charge in [0.25, 0.3) is 0 Å². The Morgan fingerprint density at radius 1 is 1.11 bits per heavy atom. The minimum Gasteiger partial charge on any atom is -0.348 e. The van der Waals surface area contributed by atoms with Gasteiger partial charge >= 0.3 is 0 Å². The van der Waals surface area contributed by atoms with E-state index < -0.39 is 0 Å². The van der Waals surface area contributed by atoms with Crippen molar-refractivity contribution in [3.63, 3.8) is 0 Å². The van der Waals surface area contributed by atoms with Gasteiger partial charge in [0.15, 0.2) is 5.16 Å². The van der Waals surface area contributed by atoms with Crippen molar-refractivity contribution in [3.05, 3.63) is 54.1 Å². The van der Waals surface area contributed by atoms with Crippen LogP contribution >= 0.6 is 11.8 Å². The minimum absolute atomic E-state index is 0.0170. The fraction of sp³-hybridized carbons (Fsp3) is 0.286. The topological polar surface area (TPSA) is 58.4 Å². The highest BCUT2D eigenvalue weighted by Gasteiger charge is 2.25. The van der Waals surface area contributed by atoms with E-state index in [1.165, 1.54) is 17.3 Å². The van der Waals surface area contributed by atoms with E-state index in [-0.39, 0.29) is 24.1 Å². The van der Waals surface area contributed by atoms with Gasteiger partial charge in [-0.2, -0.15) is 0 Å². The van der Waals surface area contributed by atoms with Crippen molar-refractivity contribution >= 4 is 40.3 Å². The first-order valence-electron chi connectivity index (χ1n) is 9.21. The van der Waals surface area contributed by atoms with Gasteiger partial charge in [0, 0.05) is 26.3 Å². The molecule has 0 unspecified atom stereocenters. The third kappa shape index (κ3) is 3.49. The monoisotopic (exact) mass is 394 g/mol. The highest BCUT2D eigenvalue weighted by Crippen LogP contribution is 2.29. The molecule has 1 aliphatic heterocycles. The Balaban J connectivity index is 1.61. The number of para-hydroxylation sites is 3. The Labute approximate surface area is 168 Å². The lowest BCUT2D eigenvalue weighted by Crippen LogP contribution is -2.32. The van der Waals surface area contributed by atoms with Crippen molar-refractivity contribution in [2.75, 3.05) is 31.3 Å². The zero-order valence-corrected chi connectivity index (χ0v) is 16.8. The molecule has 7 heteroatoms. The Morgan fingerprint density at radius 3 is 2.68 bits per heavy atom. The Morgan fingerprint density at radius 2 is 1.86 bits per heavy atom. The van der Waals surface area contributed by atoms with E-state index in [1.54, 1.807) is 19.0 Å². The summed E-state index contributed by atoms with van der Waals surface area (Å²) in [4.78, 5) is 33.2. The summed E-state index contributed by atoms with van der Waals surface area (Å²) in [5.41, 5.74) is 3.94. The van der Waals surface area contributed by atoms with E-state index in [1.807, 2.05) is 51.9 Å². The minimum atomic E-state index is 0.0170. The van der Waals surface area contributed by atoms with Crippen molar-refractivity contribution < 1.29 is 9.59 Å². The Kier molecular flexibility index (Phi) is 5.09. The molecule has 2 heterocycles. The number of amides is 2. The normalized spacial score (nSPS) is 13.0. The average molecular weight is 395 g/mol. The first-order valence-corrected chi connectivity index (χ1v) is 10.2. The predicted octanol–water partition coefficient (Wildman–Crippen LogP) is 2.81. The van der Waals surface area contributed by atoms with Crippen LogP contribution in [0.3, 0.4) is 0 Å². The third-order valence-electron chi connectivity index (χ3n) is 4.92. The van der Waals surface area contributed by atoms with Crippen LogP contribution in [-0.4, -0.2) is 52.7 Å². The number of benzene rings is 2. The molecule has 0 aliphatic carbocycles. The number of carbonyl (C=O) groups excluding carboxylic acids is 2. The zero-order valence-electron chi connectivity index (χ0n) is 16.0. The van der Waals surface area contributed by atoms with Gasteiger partial charge in [0.1, 0.15) is 6.54 Å². The summed E-state index contributed by atoms with van der Waals surface area (Å²) < 4.78 is 1.92. The van der Waals surface area contributed by atoms with Gasteiger partial charge in [0.05, 0.1) is 16.8 Å². The summed E-state index contributed by atoms with van der Waals surface area (Å²) in [5.74, 6) is 0.342. The predicted molar refractivity (Wildman–Crippen MR) is 112 cm³/mol. The summed E-state index contributed by atoms with van der Waals surface area (Å²) in [7, 11) is 3.47. The van der Waals surface area contributed by atoms with Gasteiger partial charge in [-0.05, 0) is 30.2 Å². The number of carbonyl (C=O) groups is 2. The summed E-state index contributed by atoms with van der Waals surface area (Å²) in [5, 5.41) is 0.692. The van der Waals surface area contributed by atoms with Gasteiger partial charge in [0.2, 0.25) is 11.8 Å². The molecule has 0 fully saturated rings. The third-order valence-corrected chi connectivity index (χ3v) is 5.89. The van der Waals surface area contributed by atoms with E-state index in [9.17, 15) is 9.59 Å². The second-order valence-electron chi connectivity index (χ2n) is 6.97. The van der Waals surface area contributed by atoms with Gasteiger partial charge in [-0.1, -0.05) is 42.1 Å². The van der Waals surface area contributed by atoms with Crippen LogP contribution in [0.4, 0.5) is 5.69 Å². The average Bonchev–Trinajstić information content (AvgIpc) is 3.28. The molecule has 0 N–H and O–H groups in total. The maximum atomic E-state index is 13.1. The molecule has 1 aromatic heterocycles. The quantitative estimate of drug-likeness (QED) is 0.625. The number of fused-ring (bicyclic) bond motifs is 2. The number of thioether (sulfide) groups is 1. The van der Waals surface area contributed by atoms with Crippen LogP contribution in [-0.2, 0) is 22.6 Å². The van der Waals surface area contributed by atoms with Gasteiger partial charge < -0.3 is 14.4 Å². The van der Waals surface area contributed by atoms with Crippen LogP contribution in [0, 0.1) is 0 Å². The van der Waals surface area contributed by atoms with Crippen LogP contribution < -0.4 is 4.90 Å². The second kappa shape index (κ2) is 7.67. The van der Waals surface area contributed by atoms with Gasteiger partial charge in [-0.15, -0.1) is 0 Å². The zero-order chi connectivity index (χ0) is 19.7. The van der Waals surface area contributed by atoms with Crippen LogP contribution in [0.25, 0.3) is 11.0 Å². The van der Waals surface area contributed by atoms with Gasteiger partial charge in [-0.25, -0.2) is 4.98 Å². The van der Waals surface area contributed by atoms with Gasteiger partial charge in [-0.3, -0.25) is 9.59 Å². The number of aromatic nitrogens is 2. The van der Waals surface area contributed by atoms with Crippen LogP contribution in [0.5, 0.6) is 0 Å². The molecule has 0 spiro atoms. The van der Waals surface area contributed by atoms with E-state index in [0.29, 0.717) is 11.7 Å². The molecule has 0 radical (unpaired) electrons. The number of nitrogens with zero attached hydrogens (tertiary/aromatic N) is 4. The lowest BCUT2D eigenvalue weighted by Gasteiger charge is -2.19. The molecular weight excluding hydrogens is 372 g/mol. The van der Waals surface area contributed by atoms with Crippen molar-refractivity contribution in [2.45, 2.75) is 18.1 Å². The van der Waals surface area contributed by atoms with Crippen molar-refractivity contribution in [1.29, 1.82) is 0 Å². The summed E-state index contributed by atoms with van der Waals surface area (Å²) in [6, 6.07) is 15.8. The van der Waals surface area contributed by atoms with E-state index in [2.05, 4.69) is 11.1 Å². The van der Waals surface area contributed by atoms with Crippen molar-refractivity contribution in [3.8, 4) is 0 Å². The largest absolute Gasteiger partial charge is 0.348 e. The van der Waals surface area contributed by atoms with E-state index >= 15 is 0 Å². The molecule has 0 bridgehead atoms. The molecule has 0 saturated carbocycles. The highest BCUT2D eigenvalue weighted by molar-refractivity contribution is 7.99. The number of rotatable bonds is 5. The first kappa shape index (κ1) is 18.6. The molecule has 28 heavy (non-hydrogen) atoms. The smallest absolute Gasteiger partial charge is 0.247 e. The van der Waals surface area contributed by atoms with Crippen LogP contribution in [0.15, 0.2) is 53.7 Å². The molecule has 2 amide bonds. The summed E-state index contributed by atoms with van der Waals surface area (Å²) in [6.07, 6.45) is 0.880. The number of anilines is 1. The maximum absolute atomic E-state index is 13.1. The molecule has 0 saturated heterocycles. The number of hydrogen-bond donors (Lipinski definition) is 0. The fourth-order valence-electron chi connectivity index (χ4n) is 3.39.